The third-order valence-electron chi connectivity index (χ3n) is 3.62. The Balaban J connectivity index is 1.99. The van der Waals surface area contributed by atoms with Crippen LogP contribution in [0.2, 0.25) is 0 Å². The fraction of sp³-hybridized carbons (Fsp3) is 0.200. The third kappa shape index (κ3) is 6.92. The van der Waals surface area contributed by atoms with Crippen molar-refractivity contribution in [1.82, 2.24) is 5.64 Å². The second kappa shape index (κ2) is 11.4. The van der Waals surface area contributed by atoms with Crippen molar-refractivity contribution in [2.24, 2.45) is 0 Å². The molecule has 0 spiro atoms. The highest BCUT2D eigenvalue weighted by Crippen LogP contribution is 2.28. The average Bonchev–Trinajstić information content (AvgIpc) is 2.72. The second-order valence-electron chi connectivity index (χ2n) is 5.57. The zero-order chi connectivity index (χ0) is 21.1. The first kappa shape index (κ1) is 21.9. The maximum atomic E-state index is 12.1. The number of methoxy groups -OCH3 is 1. The highest BCUT2D eigenvalue weighted by atomic mass is 16.9. The first-order chi connectivity index (χ1) is 14.0. The molecular formula is C20H22N2O7. The fourth-order valence-corrected chi connectivity index (χ4v) is 2.33. The summed E-state index contributed by atoms with van der Waals surface area (Å²) in [5.74, 6) is -0.566. The van der Waals surface area contributed by atoms with Crippen LogP contribution in [0.1, 0.15) is 15.9 Å². The molecule has 0 unspecified atom stereocenters. The SMILES string of the molecule is CONOCCOc1ccc(/C=C/C(=O)Nc2ccccc2C(=O)O)cc1OC. The predicted molar refractivity (Wildman–Crippen MR) is 106 cm³/mol. The Morgan fingerprint density at radius 2 is 1.86 bits per heavy atom. The van der Waals surface area contributed by atoms with E-state index in [1.807, 2.05) is 0 Å². The lowest BCUT2D eigenvalue weighted by atomic mass is 10.1. The topological polar surface area (TPSA) is 115 Å². The molecule has 0 radical (unpaired) electrons. The standard InChI is InChI=1S/C20H22N2O7/c1-26-18-13-14(7-9-17(18)28-11-12-29-22-27-2)8-10-19(23)21-16-6-4-3-5-15(16)20(24)25/h3-10,13,22H,11-12H2,1-2H3,(H,21,23)(H,24,25)/b10-8+. The molecule has 2 aromatic carbocycles. The first-order valence-corrected chi connectivity index (χ1v) is 8.57. The molecule has 0 saturated heterocycles. The minimum absolute atomic E-state index is 0.0158. The molecule has 0 aliphatic carbocycles. The zero-order valence-electron chi connectivity index (χ0n) is 16.0. The first-order valence-electron chi connectivity index (χ1n) is 8.57. The van der Waals surface area contributed by atoms with Gasteiger partial charge in [-0.3, -0.25) is 14.5 Å². The molecule has 2 aromatic rings. The summed E-state index contributed by atoms with van der Waals surface area (Å²) >= 11 is 0. The van der Waals surface area contributed by atoms with E-state index in [4.69, 9.17) is 19.4 Å². The number of hydrogen-bond donors (Lipinski definition) is 3. The van der Waals surface area contributed by atoms with E-state index in [9.17, 15) is 9.59 Å². The summed E-state index contributed by atoms with van der Waals surface area (Å²) in [4.78, 5) is 32.8. The van der Waals surface area contributed by atoms with Gasteiger partial charge in [-0.25, -0.2) is 4.79 Å². The molecule has 154 valence electrons. The van der Waals surface area contributed by atoms with Crippen LogP contribution in [0.3, 0.4) is 0 Å². The van der Waals surface area contributed by atoms with E-state index in [-0.39, 0.29) is 24.5 Å². The summed E-state index contributed by atoms with van der Waals surface area (Å²) in [6, 6.07) is 11.3. The van der Waals surface area contributed by atoms with Crippen molar-refractivity contribution in [2.75, 3.05) is 32.8 Å². The molecule has 1 amide bonds. The smallest absolute Gasteiger partial charge is 0.337 e. The molecule has 9 heteroatoms. The zero-order valence-corrected chi connectivity index (χ0v) is 16.0. The summed E-state index contributed by atoms with van der Waals surface area (Å²) in [6.07, 6.45) is 2.88. The van der Waals surface area contributed by atoms with Crippen molar-refractivity contribution < 1.29 is 33.8 Å². The van der Waals surface area contributed by atoms with Crippen molar-refractivity contribution >= 4 is 23.6 Å². The van der Waals surface area contributed by atoms with Crippen molar-refractivity contribution in [2.45, 2.75) is 0 Å². The molecule has 3 N–H and O–H groups in total. The molecule has 9 nitrogen and oxygen atoms in total. The third-order valence-corrected chi connectivity index (χ3v) is 3.62. The predicted octanol–water partition coefficient (Wildman–Crippen LogP) is 2.51. The van der Waals surface area contributed by atoms with Crippen LogP contribution < -0.4 is 20.4 Å². The molecule has 0 saturated carbocycles. The molecular weight excluding hydrogens is 380 g/mol. The summed E-state index contributed by atoms with van der Waals surface area (Å²) in [5.41, 5.74) is 3.18. The van der Waals surface area contributed by atoms with E-state index in [2.05, 4.69) is 15.8 Å². The minimum atomic E-state index is -1.12. The fourth-order valence-electron chi connectivity index (χ4n) is 2.33. The van der Waals surface area contributed by atoms with Crippen LogP contribution >= 0.6 is 0 Å². The van der Waals surface area contributed by atoms with Gasteiger partial charge in [-0.15, -0.1) is 0 Å². The Labute approximate surface area is 167 Å². The van der Waals surface area contributed by atoms with E-state index in [0.717, 1.165) is 0 Å². The second-order valence-corrected chi connectivity index (χ2v) is 5.57. The van der Waals surface area contributed by atoms with Crippen LogP contribution in [0.5, 0.6) is 11.5 Å². The van der Waals surface area contributed by atoms with Gasteiger partial charge in [0, 0.05) is 6.08 Å². The van der Waals surface area contributed by atoms with E-state index in [1.165, 1.54) is 32.4 Å². The number of carboxylic acids is 1. The highest BCUT2D eigenvalue weighted by molar-refractivity contribution is 6.06. The van der Waals surface area contributed by atoms with Gasteiger partial charge >= 0.3 is 5.97 Å². The van der Waals surface area contributed by atoms with Crippen molar-refractivity contribution in [3.63, 3.8) is 0 Å². The van der Waals surface area contributed by atoms with E-state index < -0.39 is 11.9 Å². The van der Waals surface area contributed by atoms with Crippen LogP contribution in [0.4, 0.5) is 5.69 Å². The maximum Gasteiger partial charge on any atom is 0.337 e. The summed E-state index contributed by atoms with van der Waals surface area (Å²) in [6.45, 7) is 0.532. The Morgan fingerprint density at radius 3 is 2.59 bits per heavy atom. The molecule has 29 heavy (non-hydrogen) atoms. The maximum absolute atomic E-state index is 12.1. The van der Waals surface area contributed by atoms with E-state index in [0.29, 0.717) is 17.1 Å². The van der Waals surface area contributed by atoms with Gasteiger partial charge in [0.05, 0.1) is 25.5 Å². The lowest BCUT2D eigenvalue weighted by Crippen LogP contribution is -2.17. The van der Waals surface area contributed by atoms with Gasteiger partial charge in [-0.1, -0.05) is 23.8 Å². The lowest BCUT2D eigenvalue weighted by molar-refractivity contribution is -0.155. The van der Waals surface area contributed by atoms with Crippen molar-refractivity contribution in [1.29, 1.82) is 0 Å². The molecule has 0 heterocycles. The Bertz CT molecular complexity index is 868. The number of ether oxygens (including phenoxy) is 2. The van der Waals surface area contributed by atoms with Gasteiger partial charge < -0.3 is 19.9 Å². The van der Waals surface area contributed by atoms with Gasteiger partial charge in [0.1, 0.15) is 13.2 Å². The van der Waals surface area contributed by atoms with Crippen molar-refractivity contribution in [3.8, 4) is 11.5 Å². The van der Waals surface area contributed by atoms with Crippen LogP contribution in [0.25, 0.3) is 6.08 Å². The van der Waals surface area contributed by atoms with Gasteiger partial charge in [-0.05, 0) is 35.9 Å². The summed E-state index contributed by atoms with van der Waals surface area (Å²) in [5, 5.41) is 11.7. The summed E-state index contributed by atoms with van der Waals surface area (Å²) in [7, 11) is 2.94. The van der Waals surface area contributed by atoms with Gasteiger partial charge in [0.25, 0.3) is 0 Å². The van der Waals surface area contributed by atoms with Crippen LogP contribution in [-0.2, 0) is 14.5 Å². The molecule has 0 aromatic heterocycles. The highest BCUT2D eigenvalue weighted by Gasteiger charge is 2.10. The molecule has 0 aliphatic rings. The number of aromatic carboxylic acids is 1. The summed E-state index contributed by atoms with van der Waals surface area (Å²) < 4.78 is 10.9. The van der Waals surface area contributed by atoms with Gasteiger partial charge in [-0.2, -0.15) is 0 Å². The number of amides is 1. The Hall–Kier alpha value is -3.40. The molecule has 0 aliphatic heterocycles. The minimum Gasteiger partial charge on any atom is -0.493 e. The Kier molecular flexibility index (Phi) is 8.64. The monoisotopic (exact) mass is 402 g/mol. The molecule has 0 atom stereocenters. The number of carboxylic acid groups (broad SMARTS) is 1. The van der Waals surface area contributed by atoms with Crippen LogP contribution in [-0.4, -0.2) is 44.4 Å². The van der Waals surface area contributed by atoms with E-state index >= 15 is 0 Å². The van der Waals surface area contributed by atoms with E-state index in [1.54, 1.807) is 36.4 Å². The number of hydrogen-bond acceptors (Lipinski definition) is 7. The Morgan fingerprint density at radius 1 is 1.07 bits per heavy atom. The lowest BCUT2D eigenvalue weighted by Gasteiger charge is -2.11. The number of benzene rings is 2. The number of carbonyl (C=O) groups excluding carboxylic acids is 1. The largest absolute Gasteiger partial charge is 0.493 e. The van der Waals surface area contributed by atoms with Crippen molar-refractivity contribution in [3.05, 3.63) is 59.7 Å². The number of nitrogens with one attached hydrogen (secondary N) is 2. The van der Waals surface area contributed by atoms with Crippen LogP contribution in [0, 0.1) is 0 Å². The van der Waals surface area contributed by atoms with Crippen LogP contribution in [0.15, 0.2) is 48.5 Å². The van der Waals surface area contributed by atoms with Gasteiger partial charge in [0.15, 0.2) is 11.5 Å². The number of anilines is 1. The average molecular weight is 402 g/mol. The quantitative estimate of drug-likeness (QED) is 0.298. The molecule has 0 bridgehead atoms. The molecule has 2 rings (SSSR count). The van der Waals surface area contributed by atoms with Gasteiger partial charge in [0.2, 0.25) is 5.91 Å². The normalized spacial score (nSPS) is 10.7. The number of carbonyl (C=O) groups is 2. The number of rotatable bonds is 11. The number of para-hydroxylation sites is 1. The molecule has 0 fully saturated rings.